The van der Waals surface area contributed by atoms with E-state index in [0.29, 0.717) is 6.54 Å². The smallest absolute Gasteiger partial charge is 0.317 e. The van der Waals surface area contributed by atoms with Crippen LogP contribution in [0.25, 0.3) is 0 Å². The highest BCUT2D eigenvalue weighted by Gasteiger charge is 2.17. The van der Waals surface area contributed by atoms with Gasteiger partial charge in [0.1, 0.15) is 0 Å². The van der Waals surface area contributed by atoms with E-state index in [1.165, 1.54) is 0 Å². The van der Waals surface area contributed by atoms with Crippen LogP contribution in [-0.4, -0.2) is 41.5 Å². The van der Waals surface area contributed by atoms with Gasteiger partial charge in [-0.05, 0) is 32.9 Å². The first kappa shape index (κ1) is 16.9. The molecule has 0 saturated carbocycles. The van der Waals surface area contributed by atoms with Crippen LogP contribution in [0.4, 0.5) is 4.79 Å². The zero-order chi connectivity index (χ0) is 15.8. The lowest BCUT2D eigenvalue weighted by molar-refractivity contribution is -0.121. The zero-order valence-electron chi connectivity index (χ0n) is 13.1. The minimum atomic E-state index is -0.217. The average Bonchev–Trinajstić information content (AvgIpc) is 2.45. The Labute approximate surface area is 125 Å². The first-order valence-electron chi connectivity index (χ1n) is 7.12. The summed E-state index contributed by atoms with van der Waals surface area (Å²) in [5.74, 6) is -0.0641. The molecule has 0 radical (unpaired) electrons. The third-order valence-corrected chi connectivity index (χ3v) is 3.10. The van der Waals surface area contributed by atoms with E-state index in [0.717, 1.165) is 5.69 Å². The maximum Gasteiger partial charge on any atom is 0.317 e. The molecule has 0 saturated heterocycles. The van der Waals surface area contributed by atoms with Gasteiger partial charge in [0, 0.05) is 32.3 Å². The Kier molecular flexibility index (Phi) is 6.65. The van der Waals surface area contributed by atoms with Crippen molar-refractivity contribution in [2.75, 3.05) is 13.6 Å². The number of hydrogen-bond donors (Lipinski definition) is 2. The number of carbonyl (C=O) groups is 2. The topological polar surface area (TPSA) is 74.3 Å². The molecule has 0 aliphatic carbocycles. The molecule has 0 aliphatic rings. The minimum absolute atomic E-state index is 0.0641. The Morgan fingerprint density at radius 2 is 2.00 bits per heavy atom. The maximum absolute atomic E-state index is 12.0. The van der Waals surface area contributed by atoms with E-state index in [4.69, 9.17) is 0 Å². The van der Waals surface area contributed by atoms with Gasteiger partial charge in [0.05, 0.1) is 11.7 Å². The molecule has 0 aliphatic heterocycles. The van der Waals surface area contributed by atoms with Crippen molar-refractivity contribution in [1.29, 1.82) is 0 Å². The van der Waals surface area contributed by atoms with Crippen LogP contribution in [0.2, 0.25) is 0 Å². The highest BCUT2D eigenvalue weighted by molar-refractivity contribution is 5.78. The van der Waals surface area contributed by atoms with Crippen LogP contribution in [0.15, 0.2) is 24.4 Å². The number of aromatic nitrogens is 1. The van der Waals surface area contributed by atoms with Crippen LogP contribution in [-0.2, 0) is 4.79 Å². The molecule has 1 atom stereocenters. The number of nitrogens with zero attached hydrogens (tertiary/aromatic N) is 2. The maximum atomic E-state index is 12.0. The number of rotatable bonds is 6. The Hall–Kier alpha value is -2.11. The first-order valence-corrected chi connectivity index (χ1v) is 7.12. The minimum Gasteiger partial charge on any atom is -0.354 e. The molecule has 6 nitrogen and oxygen atoms in total. The second-order valence-corrected chi connectivity index (χ2v) is 5.25. The third kappa shape index (κ3) is 5.81. The van der Waals surface area contributed by atoms with Gasteiger partial charge in [-0.2, -0.15) is 0 Å². The molecule has 1 heterocycles. The molecule has 21 heavy (non-hydrogen) atoms. The van der Waals surface area contributed by atoms with Gasteiger partial charge in [0.25, 0.3) is 0 Å². The van der Waals surface area contributed by atoms with Crippen molar-refractivity contribution in [3.63, 3.8) is 0 Å². The Morgan fingerprint density at radius 1 is 1.29 bits per heavy atom. The molecule has 1 rings (SSSR count). The van der Waals surface area contributed by atoms with Crippen LogP contribution in [0.3, 0.4) is 0 Å². The van der Waals surface area contributed by atoms with E-state index in [1.54, 1.807) is 18.1 Å². The summed E-state index contributed by atoms with van der Waals surface area (Å²) in [6, 6.07) is 5.37. The van der Waals surface area contributed by atoms with Crippen molar-refractivity contribution in [2.45, 2.75) is 39.3 Å². The molecule has 1 aromatic rings. The van der Waals surface area contributed by atoms with E-state index in [1.807, 2.05) is 39.0 Å². The second-order valence-electron chi connectivity index (χ2n) is 5.25. The Balaban J connectivity index is 2.39. The lowest BCUT2D eigenvalue weighted by Gasteiger charge is -2.24. The summed E-state index contributed by atoms with van der Waals surface area (Å²) >= 11 is 0. The molecule has 116 valence electrons. The highest BCUT2D eigenvalue weighted by Crippen LogP contribution is 2.15. The summed E-state index contributed by atoms with van der Waals surface area (Å²) in [4.78, 5) is 29.3. The number of nitrogens with one attached hydrogen (secondary N) is 2. The summed E-state index contributed by atoms with van der Waals surface area (Å²) in [6.45, 7) is 6.03. The monoisotopic (exact) mass is 292 g/mol. The van der Waals surface area contributed by atoms with E-state index in [9.17, 15) is 9.59 Å². The average molecular weight is 292 g/mol. The molecular formula is C15H24N4O2. The van der Waals surface area contributed by atoms with Crippen molar-refractivity contribution in [1.82, 2.24) is 20.5 Å². The first-order chi connectivity index (χ1) is 9.91. The lowest BCUT2D eigenvalue weighted by Crippen LogP contribution is -2.41. The van der Waals surface area contributed by atoms with E-state index >= 15 is 0 Å². The Morgan fingerprint density at radius 3 is 2.57 bits per heavy atom. The van der Waals surface area contributed by atoms with Crippen LogP contribution in [0.1, 0.15) is 38.9 Å². The van der Waals surface area contributed by atoms with Crippen molar-refractivity contribution in [3.05, 3.63) is 30.1 Å². The molecule has 0 spiro atoms. The zero-order valence-corrected chi connectivity index (χ0v) is 13.1. The molecule has 2 N–H and O–H groups in total. The SMILES string of the molecule is CC(C)NC(=O)CCNC(=O)N(C)C(C)c1ccccn1. The van der Waals surface area contributed by atoms with Gasteiger partial charge in [-0.15, -0.1) is 0 Å². The molecular weight excluding hydrogens is 268 g/mol. The summed E-state index contributed by atoms with van der Waals surface area (Å²) < 4.78 is 0. The third-order valence-electron chi connectivity index (χ3n) is 3.10. The summed E-state index contributed by atoms with van der Waals surface area (Å²) in [5.41, 5.74) is 0.827. The molecule has 6 heteroatoms. The molecule has 1 unspecified atom stereocenters. The highest BCUT2D eigenvalue weighted by atomic mass is 16.2. The number of hydrogen-bond acceptors (Lipinski definition) is 3. The normalized spacial score (nSPS) is 11.9. The van der Waals surface area contributed by atoms with Crippen LogP contribution >= 0.6 is 0 Å². The van der Waals surface area contributed by atoms with E-state index < -0.39 is 0 Å². The van der Waals surface area contributed by atoms with Gasteiger partial charge >= 0.3 is 6.03 Å². The summed E-state index contributed by atoms with van der Waals surface area (Å²) in [7, 11) is 1.71. The summed E-state index contributed by atoms with van der Waals surface area (Å²) in [5, 5.41) is 5.52. The van der Waals surface area contributed by atoms with Crippen LogP contribution < -0.4 is 10.6 Å². The standard InChI is InChI=1S/C15H24N4O2/c1-11(2)18-14(20)8-10-17-15(21)19(4)12(3)13-7-5-6-9-16-13/h5-7,9,11-12H,8,10H2,1-4H3,(H,17,21)(H,18,20). The number of urea groups is 1. The molecule has 1 aromatic heterocycles. The van der Waals surface area contributed by atoms with Crippen molar-refractivity contribution < 1.29 is 9.59 Å². The fourth-order valence-corrected chi connectivity index (χ4v) is 1.80. The van der Waals surface area contributed by atoms with Gasteiger partial charge in [-0.3, -0.25) is 9.78 Å². The molecule has 3 amide bonds. The Bertz CT molecular complexity index is 462. The van der Waals surface area contributed by atoms with Crippen molar-refractivity contribution in [3.8, 4) is 0 Å². The summed E-state index contributed by atoms with van der Waals surface area (Å²) in [6.07, 6.45) is 1.98. The van der Waals surface area contributed by atoms with Crippen molar-refractivity contribution in [2.24, 2.45) is 0 Å². The van der Waals surface area contributed by atoms with E-state index in [2.05, 4.69) is 15.6 Å². The van der Waals surface area contributed by atoms with Gasteiger partial charge in [0.15, 0.2) is 0 Å². The van der Waals surface area contributed by atoms with Gasteiger partial charge in [-0.25, -0.2) is 4.79 Å². The number of pyridine rings is 1. The quantitative estimate of drug-likeness (QED) is 0.838. The van der Waals surface area contributed by atoms with Crippen molar-refractivity contribution >= 4 is 11.9 Å². The fraction of sp³-hybridized carbons (Fsp3) is 0.533. The molecule has 0 bridgehead atoms. The second kappa shape index (κ2) is 8.24. The van der Waals surface area contributed by atoms with Crippen LogP contribution in [0.5, 0.6) is 0 Å². The lowest BCUT2D eigenvalue weighted by atomic mass is 10.2. The van der Waals surface area contributed by atoms with Gasteiger partial charge < -0.3 is 15.5 Å². The van der Waals surface area contributed by atoms with E-state index in [-0.39, 0.29) is 30.4 Å². The predicted molar refractivity (Wildman–Crippen MR) is 81.7 cm³/mol. The number of carbonyl (C=O) groups excluding carboxylic acids is 2. The number of amides is 3. The fourth-order valence-electron chi connectivity index (χ4n) is 1.80. The van der Waals surface area contributed by atoms with Crippen LogP contribution in [0, 0.1) is 0 Å². The van der Waals surface area contributed by atoms with Gasteiger partial charge in [0.2, 0.25) is 5.91 Å². The predicted octanol–water partition coefficient (Wildman–Crippen LogP) is 1.70. The largest absolute Gasteiger partial charge is 0.354 e. The molecule has 0 fully saturated rings. The van der Waals surface area contributed by atoms with Gasteiger partial charge in [-0.1, -0.05) is 6.07 Å². The molecule has 0 aromatic carbocycles.